The Bertz CT molecular complexity index is 744. The van der Waals surface area contributed by atoms with Crippen molar-refractivity contribution in [3.63, 3.8) is 0 Å². The summed E-state index contributed by atoms with van der Waals surface area (Å²) in [6.45, 7) is 5.95. The van der Waals surface area contributed by atoms with Crippen molar-refractivity contribution in [2.75, 3.05) is 10.7 Å². The van der Waals surface area contributed by atoms with E-state index in [1.807, 2.05) is 37.8 Å². The number of nitrogens with zero attached hydrogens (tertiary/aromatic N) is 1. The van der Waals surface area contributed by atoms with E-state index < -0.39 is 0 Å². The van der Waals surface area contributed by atoms with Crippen molar-refractivity contribution in [1.82, 2.24) is 0 Å². The van der Waals surface area contributed by atoms with Crippen LogP contribution in [0.5, 0.6) is 0 Å². The molecule has 1 heterocycles. The molecule has 1 unspecified atom stereocenters. The largest absolute Gasteiger partial charge is 0.295 e. The van der Waals surface area contributed by atoms with Crippen LogP contribution in [0.1, 0.15) is 27.6 Å². The molecule has 0 radical (unpaired) electrons. The lowest BCUT2D eigenvalue weighted by molar-refractivity contribution is -0.115. The molecule has 0 bridgehead atoms. The van der Waals surface area contributed by atoms with Crippen LogP contribution in [-0.2, 0) is 4.79 Å². The zero-order valence-electron chi connectivity index (χ0n) is 12.9. The molecule has 114 valence electrons. The summed E-state index contributed by atoms with van der Waals surface area (Å²) in [5.41, 5.74) is 5.07. The van der Waals surface area contributed by atoms with Gasteiger partial charge in [-0.15, -0.1) is 11.8 Å². The van der Waals surface area contributed by atoms with E-state index in [0.717, 1.165) is 22.4 Å². The van der Waals surface area contributed by atoms with Gasteiger partial charge in [0.2, 0.25) is 5.91 Å². The number of aryl methyl sites for hydroxylation is 3. The average molecular weight is 315 g/mol. The Morgan fingerprint density at radius 3 is 2.55 bits per heavy atom. The smallest absolute Gasteiger partial charge is 0.238 e. The Morgan fingerprint density at radius 2 is 1.86 bits per heavy atom. The monoisotopic (exact) mass is 315 g/mol. The van der Waals surface area contributed by atoms with Crippen LogP contribution in [0.15, 0.2) is 36.4 Å². The SMILES string of the molecule is Cc1ccc(N2C(=O)CSC2c2ccc(F)cc2C)c(C)c1. The van der Waals surface area contributed by atoms with E-state index in [2.05, 4.69) is 6.07 Å². The van der Waals surface area contributed by atoms with Gasteiger partial charge in [0.25, 0.3) is 0 Å². The summed E-state index contributed by atoms with van der Waals surface area (Å²) in [6, 6.07) is 10.9. The van der Waals surface area contributed by atoms with Gasteiger partial charge in [0, 0.05) is 5.69 Å². The lowest BCUT2D eigenvalue weighted by atomic mass is 10.1. The highest BCUT2D eigenvalue weighted by atomic mass is 32.2. The minimum atomic E-state index is -0.242. The molecule has 0 spiro atoms. The highest BCUT2D eigenvalue weighted by Gasteiger charge is 2.35. The first-order chi connectivity index (χ1) is 10.5. The summed E-state index contributed by atoms with van der Waals surface area (Å²) < 4.78 is 13.4. The fourth-order valence-corrected chi connectivity index (χ4v) is 4.17. The van der Waals surface area contributed by atoms with E-state index in [9.17, 15) is 9.18 Å². The number of amides is 1. The summed E-state index contributed by atoms with van der Waals surface area (Å²) in [7, 11) is 0. The Labute approximate surface area is 134 Å². The van der Waals surface area contributed by atoms with Gasteiger partial charge in [0.15, 0.2) is 0 Å². The number of thioether (sulfide) groups is 1. The average Bonchev–Trinajstić information content (AvgIpc) is 2.81. The molecule has 0 aliphatic carbocycles. The lowest BCUT2D eigenvalue weighted by Crippen LogP contribution is -2.28. The zero-order chi connectivity index (χ0) is 15.9. The van der Waals surface area contributed by atoms with E-state index in [4.69, 9.17) is 0 Å². The molecule has 0 N–H and O–H groups in total. The Morgan fingerprint density at radius 1 is 1.09 bits per heavy atom. The lowest BCUT2D eigenvalue weighted by Gasteiger charge is -2.27. The number of carbonyl (C=O) groups excluding carboxylic acids is 1. The number of hydrogen-bond donors (Lipinski definition) is 0. The van der Waals surface area contributed by atoms with Gasteiger partial charge in [0.05, 0.1) is 5.75 Å². The Hall–Kier alpha value is -1.81. The van der Waals surface area contributed by atoms with Crippen molar-refractivity contribution in [3.8, 4) is 0 Å². The van der Waals surface area contributed by atoms with Crippen LogP contribution in [0.25, 0.3) is 0 Å². The van der Waals surface area contributed by atoms with Gasteiger partial charge >= 0.3 is 0 Å². The molecule has 1 fully saturated rings. The van der Waals surface area contributed by atoms with E-state index in [1.165, 1.54) is 17.7 Å². The van der Waals surface area contributed by atoms with Crippen molar-refractivity contribution in [2.24, 2.45) is 0 Å². The third-order valence-electron chi connectivity index (χ3n) is 3.98. The number of benzene rings is 2. The molecule has 1 aliphatic rings. The second-order valence-electron chi connectivity index (χ2n) is 5.72. The normalized spacial score (nSPS) is 18.1. The number of halogens is 1. The highest BCUT2D eigenvalue weighted by molar-refractivity contribution is 8.00. The van der Waals surface area contributed by atoms with Gasteiger partial charge < -0.3 is 0 Å². The van der Waals surface area contributed by atoms with Gasteiger partial charge in [-0.25, -0.2) is 4.39 Å². The maximum Gasteiger partial charge on any atom is 0.238 e. The topological polar surface area (TPSA) is 20.3 Å². The third-order valence-corrected chi connectivity index (χ3v) is 5.17. The Kier molecular flexibility index (Phi) is 3.96. The molecular formula is C18H18FNOS. The summed E-state index contributed by atoms with van der Waals surface area (Å²) in [5, 5.41) is -0.0884. The molecule has 22 heavy (non-hydrogen) atoms. The first-order valence-electron chi connectivity index (χ1n) is 7.24. The molecule has 2 aromatic carbocycles. The number of rotatable bonds is 2. The summed E-state index contributed by atoms with van der Waals surface area (Å²) in [5.74, 6) is 0.314. The van der Waals surface area contributed by atoms with Gasteiger partial charge in [-0.1, -0.05) is 23.8 Å². The van der Waals surface area contributed by atoms with E-state index in [-0.39, 0.29) is 17.1 Å². The minimum absolute atomic E-state index is 0.0884. The summed E-state index contributed by atoms with van der Waals surface area (Å²) >= 11 is 1.59. The van der Waals surface area contributed by atoms with E-state index >= 15 is 0 Å². The van der Waals surface area contributed by atoms with Crippen molar-refractivity contribution in [1.29, 1.82) is 0 Å². The molecular weight excluding hydrogens is 297 g/mol. The van der Waals surface area contributed by atoms with Crippen molar-refractivity contribution in [2.45, 2.75) is 26.1 Å². The van der Waals surface area contributed by atoms with Crippen molar-refractivity contribution >= 4 is 23.4 Å². The third kappa shape index (κ3) is 2.63. The molecule has 0 aromatic heterocycles. The van der Waals surface area contributed by atoms with Crippen LogP contribution >= 0.6 is 11.8 Å². The fourth-order valence-electron chi connectivity index (χ4n) is 2.91. The van der Waals surface area contributed by atoms with Crippen LogP contribution < -0.4 is 4.90 Å². The molecule has 3 rings (SSSR count). The van der Waals surface area contributed by atoms with E-state index in [1.54, 1.807) is 17.8 Å². The van der Waals surface area contributed by atoms with Gasteiger partial charge in [-0.3, -0.25) is 9.69 Å². The highest BCUT2D eigenvalue weighted by Crippen LogP contribution is 2.43. The zero-order valence-corrected chi connectivity index (χ0v) is 13.7. The fraction of sp³-hybridized carbons (Fsp3) is 0.278. The summed E-state index contributed by atoms with van der Waals surface area (Å²) in [4.78, 5) is 14.3. The van der Waals surface area contributed by atoms with Gasteiger partial charge in [0.1, 0.15) is 11.2 Å². The Balaban J connectivity index is 2.06. The van der Waals surface area contributed by atoms with Crippen molar-refractivity contribution < 1.29 is 9.18 Å². The number of anilines is 1. The first kappa shape index (κ1) is 15.1. The molecule has 2 aromatic rings. The first-order valence-corrected chi connectivity index (χ1v) is 8.29. The number of hydrogen-bond acceptors (Lipinski definition) is 2. The molecule has 4 heteroatoms. The molecule has 1 saturated heterocycles. The van der Waals surface area contributed by atoms with Crippen LogP contribution in [0.3, 0.4) is 0 Å². The second-order valence-corrected chi connectivity index (χ2v) is 6.79. The van der Waals surface area contributed by atoms with Crippen molar-refractivity contribution in [3.05, 3.63) is 64.5 Å². The molecule has 1 atom stereocenters. The molecule has 2 nitrogen and oxygen atoms in total. The number of carbonyl (C=O) groups is 1. The maximum absolute atomic E-state index is 13.4. The van der Waals surface area contributed by atoms with Gasteiger partial charge in [-0.2, -0.15) is 0 Å². The maximum atomic E-state index is 13.4. The van der Waals surface area contributed by atoms with Crippen LogP contribution in [-0.4, -0.2) is 11.7 Å². The van der Waals surface area contributed by atoms with Gasteiger partial charge in [-0.05, 0) is 55.7 Å². The molecule has 1 aliphatic heterocycles. The quantitative estimate of drug-likeness (QED) is 0.811. The summed E-state index contributed by atoms with van der Waals surface area (Å²) in [6.07, 6.45) is 0. The van der Waals surface area contributed by atoms with Crippen LogP contribution in [0.2, 0.25) is 0 Å². The standard InChI is InChI=1S/C18H18FNOS/c1-11-4-7-16(13(3)8-11)20-17(21)10-22-18(20)15-6-5-14(19)9-12(15)2/h4-9,18H,10H2,1-3H3. The molecule has 1 amide bonds. The minimum Gasteiger partial charge on any atom is -0.295 e. The predicted molar refractivity (Wildman–Crippen MR) is 89.7 cm³/mol. The van der Waals surface area contributed by atoms with Crippen LogP contribution in [0, 0.1) is 26.6 Å². The predicted octanol–water partition coefficient (Wildman–Crippen LogP) is 4.53. The van der Waals surface area contributed by atoms with Crippen LogP contribution in [0.4, 0.5) is 10.1 Å². The molecule has 0 saturated carbocycles. The van der Waals surface area contributed by atoms with E-state index in [0.29, 0.717) is 5.75 Å². The second kappa shape index (κ2) is 5.76.